The van der Waals surface area contributed by atoms with E-state index >= 15 is 0 Å². The molecule has 0 aliphatic heterocycles. The molecule has 0 saturated heterocycles. The zero-order valence-electron chi connectivity index (χ0n) is 13.8. The molecule has 1 amide bonds. The van der Waals surface area contributed by atoms with Crippen LogP contribution in [0.25, 0.3) is 0 Å². The lowest BCUT2D eigenvalue weighted by Crippen LogP contribution is -2.37. The Labute approximate surface area is 145 Å². The van der Waals surface area contributed by atoms with Crippen molar-refractivity contribution in [2.24, 2.45) is 0 Å². The minimum absolute atomic E-state index is 0.189. The number of amides is 1. The third kappa shape index (κ3) is 9.23. The summed E-state index contributed by atoms with van der Waals surface area (Å²) in [4.78, 5) is 23.5. The summed E-state index contributed by atoms with van der Waals surface area (Å²) in [5, 5.41) is 3.28. The number of alkyl carbamates (subject to hydrolysis) is 1. The summed E-state index contributed by atoms with van der Waals surface area (Å²) in [5.41, 5.74) is 0.426. The van der Waals surface area contributed by atoms with Crippen LogP contribution in [0.5, 0.6) is 0 Å². The number of halogens is 1. The van der Waals surface area contributed by atoms with Crippen molar-refractivity contribution < 1.29 is 19.1 Å². The average molecular weight is 386 g/mol. The summed E-state index contributed by atoms with van der Waals surface area (Å²) in [6.07, 6.45) is 0.232. The van der Waals surface area contributed by atoms with Gasteiger partial charge in [-0.3, -0.25) is 4.79 Å². The second-order valence-electron chi connectivity index (χ2n) is 6.18. The van der Waals surface area contributed by atoms with E-state index in [-0.39, 0.29) is 25.0 Å². The van der Waals surface area contributed by atoms with Crippen LogP contribution in [0.1, 0.15) is 39.2 Å². The van der Waals surface area contributed by atoms with Crippen LogP contribution >= 0.6 is 15.9 Å². The van der Waals surface area contributed by atoms with Crippen molar-refractivity contribution in [3.05, 3.63) is 35.9 Å². The maximum Gasteiger partial charge on any atom is 0.407 e. The molecule has 0 aliphatic rings. The van der Waals surface area contributed by atoms with Gasteiger partial charge in [0, 0.05) is 17.8 Å². The van der Waals surface area contributed by atoms with Gasteiger partial charge in [0.2, 0.25) is 0 Å². The first-order chi connectivity index (χ1) is 10.8. The highest BCUT2D eigenvalue weighted by Gasteiger charge is 2.19. The minimum Gasteiger partial charge on any atom is -0.460 e. The first kappa shape index (κ1) is 19.5. The molecule has 1 N–H and O–H groups in total. The van der Waals surface area contributed by atoms with E-state index in [1.165, 1.54) is 0 Å². The zero-order chi connectivity index (χ0) is 17.3. The first-order valence-electron chi connectivity index (χ1n) is 7.55. The molecule has 0 aromatic heterocycles. The van der Waals surface area contributed by atoms with Crippen LogP contribution in [-0.2, 0) is 20.9 Å². The van der Waals surface area contributed by atoms with Crippen LogP contribution in [0.15, 0.2) is 30.3 Å². The predicted molar refractivity (Wildman–Crippen MR) is 92.4 cm³/mol. The normalized spacial score (nSPS) is 12.3. The molecule has 1 aromatic rings. The van der Waals surface area contributed by atoms with E-state index < -0.39 is 11.7 Å². The van der Waals surface area contributed by atoms with E-state index in [1.54, 1.807) is 0 Å². The standard InChI is InChI=1S/C17H24BrNO4/c1-17(2,3)23-15(20)10-9-14(11-18)19-16(21)22-12-13-7-5-4-6-8-13/h4-8,14H,9-12H2,1-3H3,(H,19,21)/t14-/m0/s1. The number of rotatable bonds is 7. The summed E-state index contributed by atoms with van der Waals surface area (Å²) in [6.45, 7) is 5.69. The average Bonchev–Trinajstić information content (AvgIpc) is 2.48. The van der Waals surface area contributed by atoms with Crippen molar-refractivity contribution in [1.29, 1.82) is 0 Å². The Kier molecular flexibility index (Phi) is 8.09. The third-order valence-corrected chi connectivity index (χ3v) is 3.62. The molecule has 0 saturated carbocycles. The van der Waals surface area contributed by atoms with Gasteiger partial charge in [-0.05, 0) is 32.8 Å². The molecule has 128 valence electrons. The van der Waals surface area contributed by atoms with Crippen LogP contribution < -0.4 is 5.32 Å². The largest absolute Gasteiger partial charge is 0.460 e. The van der Waals surface area contributed by atoms with E-state index in [1.807, 2.05) is 51.1 Å². The van der Waals surface area contributed by atoms with Gasteiger partial charge in [0.05, 0.1) is 0 Å². The number of alkyl halides is 1. The zero-order valence-corrected chi connectivity index (χ0v) is 15.4. The Morgan fingerprint density at radius 1 is 1.22 bits per heavy atom. The van der Waals surface area contributed by atoms with Gasteiger partial charge in [-0.25, -0.2) is 4.79 Å². The third-order valence-electron chi connectivity index (χ3n) is 2.84. The topological polar surface area (TPSA) is 64.6 Å². The van der Waals surface area contributed by atoms with Crippen molar-refractivity contribution in [2.75, 3.05) is 5.33 Å². The van der Waals surface area contributed by atoms with Crippen molar-refractivity contribution in [3.63, 3.8) is 0 Å². The van der Waals surface area contributed by atoms with E-state index in [4.69, 9.17) is 9.47 Å². The summed E-state index contributed by atoms with van der Waals surface area (Å²) in [5.74, 6) is -0.275. The molecule has 0 aliphatic carbocycles. The van der Waals surface area contributed by atoms with Gasteiger partial charge in [0.15, 0.2) is 0 Å². The second kappa shape index (κ2) is 9.55. The maximum atomic E-state index is 11.8. The number of ether oxygens (including phenoxy) is 2. The second-order valence-corrected chi connectivity index (χ2v) is 6.83. The highest BCUT2D eigenvalue weighted by molar-refractivity contribution is 9.09. The van der Waals surface area contributed by atoms with Gasteiger partial charge in [0.25, 0.3) is 0 Å². The molecule has 0 bridgehead atoms. The molecule has 0 spiro atoms. The first-order valence-corrected chi connectivity index (χ1v) is 8.67. The van der Waals surface area contributed by atoms with Gasteiger partial charge < -0.3 is 14.8 Å². The summed E-state index contributed by atoms with van der Waals surface area (Å²) >= 11 is 3.33. The number of esters is 1. The van der Waals surface area contributed by atoms with E-state index in [0.717, 1.165) is 5.56 Å². The van der Waals surface area contributed by atoms with Gasteiger partial charge >= 0.3 is 12.1 Å². The van der Waals surface area contributed by atoms with E-state index in [2.05, 4.69) is 21.2 Å². The highest BCUT2D eigenvalue weighted by Crippen LogP contribution is 2.11. The monoisotopic (exact) mass is 385 g/mol. The molecule has 5 nitrogen and oxygen atoms in total. The number of benzene rings is 1. The van der Waals surface area contributed by atoms with Crippen LogP contribution in [0.3, 0.4) is 0 Å². The molecule has 23 heavy (non-hydrogen) atoms. The molecule has 0 fully saturated rings. The number of carbonyl (C=O) groups is 2. The number of nitrogens with one attached hydrogen (secondary N) is 1. The Balaban J connectivity index is 2.32. The van der Waals surface area contributed by atoms with Gasteiger partial charge in [-0.15, -0.1) is 0 Å². The van der Waals surface area contributed by atoms with Crippen molar-refractivity contribution in [2.45, 2.75) is 51.9 Å². The maximum absolute atomic E-state index is 11.8. The summed E-state index contributed by atoms with van der Waals surface area (Å²) in [7, 11) is 0. The Morgan fingerprint density at radius 3 is 2.43 bits per heavy atom. The van der Waals surface area contributed by atoms with E-state index in [0.29, 0.717) is 11.8 Å². The van der Waals surface area contributed by atoms with Crippen LogP contribution in [0, 0.1) is 0 Å². The molecule has 6 heteroatoms. The fourth-order valence-electron chi connectivity index (χ4n) is 1.80. The number of hydrogen-bond donors (Lipinski definition) is 1. The molecule has 0 unspecified atom stereocenters. The lowest BCUT2D eigenvalue weighted by molar-refractivity contribution is -0.155. The summed E-state index contributed by atoms with van der Waals surface area (Å²) < 4.78 is 10.4. The smallest absolute Gasteiger partial charge is 0.407 e. The predicted octanol–water partition coefficient (Wildman–Crippen LogP) is 3.80. The minimum atomic E-state index is -0.498. The fourth-order valence-corrected chi connectivity index (χ4v) is 2.29. The fraction of sp³-hybridized carbons (Fsp3) is 0.529. The molecule has 0 heterocycles. The summed E-state index contributed by atoms with van der Waals surface area (Å²) in [6, 6.07) is 9.26. The number of carbonyl (C=O) groups excluding carboxylic acids is 2. The lowest BCUT2D eigenvalue weighted by Gasteiger charge is -2.21. The Hall–Kier alpha value is -1.56. The van der Waals surface area contributed by atoms with Crippen molar-refractivity contribution >= 4 is 28.0 Å². The lowest BCUT2D eigenvalue weighted by atomic mass is 10.1. The highest BCUT2D eigenvalue weighted by atomic mass is 79.9. The molecule has 1 rings (SSSR count). The van der Waals surface area contributed by atoms with E-state index in [9.17, 15) is 9.59 Å². The molecule has 1 aromatic carbocycles. The van der Waals surface area contributed by atoms with Crippen LogP contribution in [0.2, 0.25) is 0 Å². The van der Waals surface area contributed by atoms with Crippen LogP contribution in [-0.4, -0.2) is 29.0 Å². The quantitative estimate of drug-likeness (QED) is 0.572. The molecular weight excluding hydrogens is 362 g/mol. The van der Waals surface area contributed by atoms with Crippen molar-refractivity contribution in [3.8, 4) is 0 Å². The SMILES string of the molecule is CC(C)(C)OC(=O)CC[C@@H](CBr)NC(=O)OCc1ccccc1. The molecular formula is C17H24BrNO4. The van der Waals surface area contributed by atoms with Crippen molar-refractivity contribution in [1.82, 2.24) is 5.32 Å². The number of hydrogen-bond acceptors (Lipinski definition) is 4. The molecule has 1 atom stereocenters. The van der Waals surface area contributed by atoms with Gasteiger partial charge in [0.1, 0.15) is 12.2 Å². The van der Waals surface area contributed by atoms with Crippen LogP contribution in [0.4, 0.5) is 4.79 Å². The van der Waals surface area contributed by atoms with Gasteiger partial charge in [-0.1, -0.05) is 46.3 Å². The molecule has 0 radical (unpaired) electrons. The Bertz CT molecular complexity index is 499. The Morgan fingerprint density at radius 2 is 1.87 bits per heavy atom. The van der Waals surface area contributed by atoms with Gasteiger partial charge in [-0.2, -0.15) is 0 Å².